The zero-order valence-electron chi connectivity index (χ0n) is 17.2. The van der Waals surface area contributed by atoms with Crippen molar-refractivity contribution in [3.63, 3.8) is 0 Å². The van der Waals surface area contributed by atoms with Gasteiger partial charge in [0.2, 0.25) is 0 Å². The second-order valence-corrected chi connectivity index (χ2v) is 8.64. The van der Waals surface area contributed by atoms with Gasteiger partial charge < -0.3 is 9.73 Å². The van der Waals surface area contributed by atoms with Crippen molar-refractivity contribution in [1.82, 2.24) is 0 Å². The van der Waals surface area contributed by atoms with Gasteiger partial charge >= 0.3 is 0 Å². The molecule has 1 aromatic heterocycles. The van der Waals surface area contributed by atoms with Crippen LogP contribution in [0.15, 0.2) is 95.0 Å². The highest BCUT2D eigenvalue weighted by Crippen LogP contribution is 2.51. The minimum absolute atomic E-state index is 0.0206. The van der Waals surface area contributed by atoms with Gasteiger partial charge in [-0.25, -0.2) is 0 Å². The van der Waals surface area contributed by atoms with E-state index in [1.165, 1.54) is 22.3 Å². The van der Waals surface area contributed by atoms with Gasteiger partial charge in [0.15, 0.2) is 5.58 Å². The normalized spacial score (nSPS) is 16.7. The molecule has 1 heterocycles. The van der Waals surface area contributed by atoms with E-state index in [2.05, 4.69) is 92.0 Å². The second kappa shape index (κ2) is 6.24. The maximum absolute atomic E-state index is 6.24. The summed E-state index contributed by atoms with van der Waals surface area (Å²) >= 11 is 0. The summed E-state index contributed by atoms with van der Waals surface area (Å²) in [5, 5.41) is 6.01. The van der Waals surface area contributed by atoms with Crippen molar-refractivity contribution in [2.24, 2.45) is 0 Å². The highest BCUT2D eigenvalue weighted by Gasteiger charge is 2.37. The van der Waals surface area contributed by atoms with E-state index in [0.29, 0.717) is 0 Å². The summed E-state index contributed by atoms with van der Waals surface area (Å²) in [4.78, 5) is 0. The minimum atomic E-state index is 0.0206. The Bertz CT molecular complexity index is 1410. The summed E-state index contributed by atoms with van der Waals surface area (Å²) in [6.45, 7) is 4.68. The van der Waals surface area contributed by atoms with Gasteiger partial charge in [-0.15, -0.1) is 0 Å². The molecular formula is C28H23NO. The largest absolute Gasteiger partial charge is 0.454 e. The third-order valence-electron chi connectivity index (χ3n) is 6.59. The molecule has 146 valence electrons. The number of allylic oxidation sites excluding steroid dienone is 6. The number of furan rings is 1. The Balaban J connectivity index is 1.54. The third-order valence-corrected chi connectivity index (χ3v) is 6.59. The first-order valence-corrected chi connectivity index (χ1v) is 10.5. The lowest BCUT2D eigenvalue weighted by Crippen LogP contribution is -2.17. The predicted molar refractivity (Wildman–Crippen MR) is 126 cm³/mol. The molecule has 2 nitrogen and oxygen atoms in total. The van der Waals surface area contributed by atoms with E-state index in [-0.39, 0.29) is 5.41 Å². The number of anilines is 2. The van der Waals surface area contributed by atoms with Crippen LogP contribution in [0.5, 0.6) is 0 Å². The van der Waals surface area contributed by atoms with Gasteiger partial charge in [0.1, 0.15) is 5.58 Å². The molecule has 0 amide bonds. The van der Waals surface area contributed by atoms with E-state index in [1.807, 2.05) is 12.1 Å². The van der Waals surface area contributed by atoms with Crippen molar-refractivity contribution in [3.8, 4) is 0 Å². The van der Waals surface area contributed by atoms with Gasteiger partial charge in [0, 0.05) is 27.4 Å². The monoisotopic (exact) mass is 389 g/mol. The molecule has 30 heavy (non-hydrogen) atoms. The average molecular weight is 389 g/mol. The standard InChI is InChI=1S/C28H23NO/c1-28(2)21-13-5-3-4-11-20(21)26-22(28)14-9-15-23(26)29-24-16-8-12-19-18-10-6-7-17-25(18)30-27(19)24/h3-12,14-17,29H,13H2,1-2H3. The Morgan fingerprint density at radius 1 is 0.833 bits per heavy atom. The van der Waals surface area contributed by atoms with E-state index >= 15 is 0 Å². The molecule has 4 aromatic rings. The number of benzene rings is 3. The Morgan fingerprint density at radius 3 is 2.57 bits per heavy atom. The van der Waals surface area contributed by atoms with Crippen LogP contribution in [-0.2, 0) is 5.41 Å². The molecule has 2 aliphatic rings. The molecule has 0 atom stereocenters. The van der Waals surface area contributed by atoms with Crippen molar-refractivity contribution in [3.05, 3.63) is 102 Å². The fourth-order valence-corrected chi connectivity index (χ4v) is 5.07. The van der Waals surface area contributed by atoms with E-state index in [1.54, 1.807) is 0 Å². The maximum Gasteiger partial charge on any atom is 0.158 e. The van der Waals surface area contributed by atoms with Crippen molar-refractivity contribution in [2.45, 2.75) is 25.7 Å². The zero-order valence-corrected chi connectivity index (χ0v) is 17.2. The zero-order chi connectivity index (χ0) is 20.3. The first-order valence-electron chi connectivity index (χ1n) is 10.5. The lowest BCUT2D eigenvalue weighted by molar-refractivity contribution is 0.626. The number of nitrogens with one attached hydrogen (secondary N) is 1. The molecule has 0 fully saturated rings. The molecule has 1 N–H and O–H groups in total. The van der Waals surface area contributed by atoms with Crippen LogP contribution in [0, 0.1) is 0 Å². The highest BCUT2D eigenvalue weighted by molar-refractivity contribution is 6.09. The number of hydrogen-bond acceptors (Lipinski definition) is 2. The first-order chi connectivity index (χ1) is 14.6. The van der Waals surface area contributed by atoms with Gasteiger partial charge in [-0.1, -0.05) is 80.6 Å². The van der Waals surface area contributed by atoms with Crippen LogP contribution in [0.4, 0.5) is 11.4 Å². The van der Waals surface area contributed by atoms with E-state index < -0.39 is 0 Å². The SMILES string of the molecule is CC1(C)C2=C(C=CC=CC2)c2c(Nc3cccc4c3oc3ccccc34)cccc21. The summed E-state index contributed by atoms with van der Waals surface area (Å²) in [6, 6.07) is 21.2. The van der Waals surface area contributed by atoms with E-state index in [4.69, 9.17) is 4.42 Å². The Morgan fingerprint density at radius 2 is 1.63 bits per heavy atom. The number of fused-ring (bicyclic) bond motifs is 5. The summed E-state index contributed by atoms with van der Waals surface area (Å²) in [6.07, 6.45) is 9.82. The van der Waals surface area contributed by atoms with Crippen LogP contribution in [-0.4, -0.2) is 0 Å². The van der Waals surface area contributed by atoms with Crippen LogP contribution < -0.4 is 5.32 Å². The molecule has 0 bridgehead atoms. The Kier molecular flexibility index (Phi) is 3.61. The maximum atomic E-state index is 6.24. The molecule has 0 unspecified atom stereocenters. The van der Waals surface area contributed by atoms with Crippen molar-refractivity contribution in [1.29, 1.82) is 0 Å². The van der Waals surface area contributed by atoms with Crippen LogP contribution in [0.3, 0.4) is 0 Å². The van der Waals surface area contributed by atoms with Crippen molar-refractivity contribution in [2.75, 3.05) is 5.32 Å². The third kappa shape index (κ3) is 2.37. The smallest absolute Gasteiger partial charge is 0.158 e. The van der Waals surface area contributed by atoms with Crippen molar-refractivity contribution < 1.29 is 4.42 Å². The van der Waals surface area contributed by atoms with Crippen LogP contribution in [0.2, 0.25) is 0 Å². The Hall–Kier alpha value is -3.52. The summed E-state index contributed by atoms with van der Waals surface area (Å²) < 4.78 is 6.24. The summed E-state index contributed by atoms with van der Waals surface area (Å²) in [5.74, 6) is 0. The molecular weight excluding hydrogens is 366 g/mol. The summed E-state index contributed by atoms with van der Waals surface area (Å²) in [5.41, 5.74) is 9.50. The van der Waals surface area contributed by atoms with E-state index in [9.17, 15) is 0 Å². The molecule has 0 saturated heterocycles. The topological polar surface area (TPSA) is 25.2 Å². The quantitative estimate of drug-likeness (QED) is 0.377. The molecule has 0 radical (unpaired) electrons. The van der Waals surface area contributed by atoms with E-state index in [0.717, 1.165) is 39.7 Å². The molecule has 0 aliphatic heterocycles. The summed E-state index contributed by atoms with van der Waals surface area (Å²) in [7, 11) is 0. The molecule has 6 rings (SSSR count). The first kappa shape index (κ1) is 17.3. The van der Waals surface area contributed by atoms with Gasteiger partial charge in [-0.05, 0) is 41.3 Å². The lowest BCUT2D eigenvalue weighted by atomic mass is 9.80. The minimum Gasteiger partial charge on any atom is -0.454 e. The average Bonchev–Trinajstić information content (AvgIpc) is 3.09. The predicted octanol–water partition coefficient (Wildman–Crippen LogP) is 7.89. The van der Waals surface area contributed by atoms with Gasteiger partial charge in [-0.3, -0.25) is 0 Å². The molecule has 2 aliphatic carbocycles. The van der Waals surface area contributed by atoms with Crippen LogP contribution in [0.25, 0.3) is 27.5 Å². The van der Waals surface area contributed by atoms with Gasteiger partial charge in [0.05, 0.1) is 5.69 Å². The van der Waals surface area contributed by atoms with Crippen LogP contribution >= 0.6 is 0 Å². The molecule has 2 heteroatoms. The highest BCUT2D eigenvalue weighted by atomic mass is 16.3. The van der Waals surface area contributed by atoms with Gasteiger partial charge in [-0.2, -0.15) is 0 Å². The lowest BCUT2D eigenvalue weighted by Gasteiger charge is -2.24. The van der Waals surface area contributed by atoms with Crippen molar-refractivity contribution >= 4 is 38.9 Å². The molecule has 0 spiro atoms. The Labute approximate surface area is 176 Å². The molecule has 3 aromatic carbocycles. The van der Waals surface area contributed by atoms with Gasteiger partial charge in [0.25, 0.3) is 0 Å². The van der Waals surface area contributed by atoms with Crippen LogP contribution in [0.1, 0.15) is 31.4 Å². The fourth-order valence-electron chi connectivity index (χ4n) is 5.07. The molecule has 0 saturated carbocycles. The number of rotatable bonds is 2. The number of para-hydroxylation sites is 2. The number of hydrogen-bond donors (Lipinski definition) is 1. The fraction of sp³-hybridized carbons (Fsp3) is 0.143. The second-order valence-electron chi connectivity index (χ2n) is 8.64.